The number of carbonyl (C=O) groups is 1. The minimum absolute atomic E-state index is 0.0605. The van der Waals surface area contributed by atoms with Crippen molar-refractivity contribution in [2.45, 2.75) is 24.3 Å². The SMILES string of the molecule is Cc1ccc2c(c1)NC(Cc1ccc3c(n1)NC(=O)CO3)CS2. The number of hydrogen-bond donors (Lipinski definition) is 2. The van der Waals surface area contributed by atoms with Crippen molar-refractivity contribution in [3.8, 4) is 5.75 Å². The molecule has 1 aromatic carbocycles. The van der Waals surface area contributed by atoms with Gasteiger partial charge in [0.25, 0.3) is 5.91 Å². The molecule has 1 unspecified atom stereocenters. The number of rotatable bonds is 2. The zero-order valence-corrected chi connectivity index (χ0v) is 13.6. The number of pyridine rings is 1. The molecular weight excluding hydrogens is 310 g/mol. The van der Waals surface area contributed by atoms with Crippen LogP contribution in [0.3, 0.4) is 0 Å². The number of fused-ring (bicyclic) bond motifs is 2. The Morgan fingerprint density at radius 1 is 1.35 bits per heavy atom. The minimum atomic E-state index is -0.155. The average Bonchev–Trinajstić information content (AvgIpc) is 2.54. The quantitative estimate of drug-likeness (QED) is 0.888. The van der Waals surface area contributed by atoms with Gasteiger partial charge in [0.15, 0.2) is 18.2 Å². The number of amides is 1. The molecule has 118 valence electrons. The van der Waals surface area contributed by atoms with Gasteiger partial charge in [-0.3, -0.25) is 4.79 Å². The summed E-state index contributed by atoms with van der Waals surface area (Å²) >= 11 is 1.87. The first-order valence-electron chi connectivity index (χ1n) is 7.60. The molecule has 0 saturated heterocycles. The van der Waals surface area contributed by atoms with Crippen molar-refractivity contribution in [3.05, 3.63) is 41.6 Å². The molecule has 3 heterocycles. The largest absolute Gasteiger partial charge is 0.480 e. The summed E-state index contributed by atoms with van der Waals surface area (Å²) < 4.78 is 5.35. The summed E-state index contributed by atoms with van der Waals surface area (Å²) in [6.45, 7) is 2.16. The van der Waals surface area contributed by atoms with Crippen LogP contribution >= 0.6 is 11.8 Å². The number of anilines is 2. The van der Waals surface area contributed by atoms with E-state index >= 15 is 0 Å². The van der Waals surface area contributed by atoms with Gasteiger partial charge in [0.2, 0.25) is 0 Å². The summed E-state index contributed by atoms with van der Waals surface area (Å²) in [5.41, 5.74) is 3.40. The molecule has 0 bridgehead atoms. The molecule has 5 nitrogen and oxygen atoms in total. The van der Waals surface area contributed by atoms with Crippen LogP contribution < -0.4 is 15.4 Å². The lowest BCUT2D eigenvalue weighted by atomic mass is 10.1. The second-order valence-corrected chi connectivity index (χ2v) is 6.90. The number of nitrogens with zero attached hydrogens (tertiary/aromatic N) is 1. The Kier molecular flexibility index (Phi) is 3.61. The second-order valence-electron chi connectivity index (χ2n) is 5.84. The van der Waals surface area contributed by atoms with Crippen LogP contribution in [0.1, 0.15) is 11.3 Å². The molecule has 4 rings (SSSR count). The smallest absolute Gasteiger partial charge is 0.263 e. The Morgan fingerprint density at radius 3 is 3.17 bits per heavy atom. The third-order valence-electron chi connectivity index (χ3n) is 3.92. The van der Waals surface area contributed by atoms with Crippen LogP contribution in [0.5, 0.6) is 5.75 Å². The summed E-state index contributed by atoms with van der Waals surface area (Å²) in [7, 11) is 0. The van der Waals surface area contributed by atoms with E-state index in [1.165, 1.54) is 16.1 Å². The Bertz CT molecular complexity index is 778. The Hall–Kier alpha value is -2.21. The van der Waals surface area contributed by atoms with E-state index in [1.54, 1.807) is 0 Å². The number of thioether (sulfide) groups is 1. The number of ether oxygens (including phenoxy) is 1. The zero-order chi connectivity index (χ0) is 15.8. The van der Waals surface area contributed by atoms with Gasteiger partial charge in [-0.15, -0.1) is 11.8 Å². The van der Waals surface area contributed by atoms with Crippen molar-refractivity contribution in [2.24, 2.45) is 0 Å². The van der Waals surface area contributed by atoms with Gasteiger partial charge in [-0.2, -0.15) is 0 Å². The molecule has 1 atom stereocenters. The van der Waals surface area contributed by atoms with E-state index in [1.807, 2.05) is 23.9 Å². The number of hydrogen-bond acceptors (Lipinski definition) is 5. The van der Waals surface area contributed by atoms with Crippen molar-refractivity contribution in [2.75, 3.05) is 23.0 Å². The monoisotopic (exact) mass is 327 g/mol. The molecule has 2 aliphatic heterocycles. The molecule has 1 aromatic heterocycles. The fourth-order valence-electron chi connectivity index (χ4n) is 2.81. The predicted molar refractivity (Wildman–Crippen MR) is 91.4 cm³/mol. The van der Waals surface area contributed by atoms with Gasteiger partial charge in [-0.1, -0.05) is 6.07 Å². The summed E-state index contributed by atoms with van der Waals surface area (Å²) in [5, 5.41) is 6.36. The molecule has 23 heavy (non-hydrogen) atoms. The molecule has 0 radical (unpaired) electrons. The van der Waals surface area contributed by atoms with Gasteiger partial charge in [-0.25, -0.2) is 4.98 Å². The van der Waals surface area contributed by atoms with E-state index in [4.69, 9.17) is 4.74 Å². The first kappa shape index (κ1) is 14.4. The maximum Gasteiger partial charge on any atom is 0.263 e. The summed E-state index contributed by atoms with van der Waals surface area (Å²) in [5.74, 6) is 2.01. The van der Waals surface area contributed by atoms with E-state index in [9.17, 15) is 4.79 Å². The fraction of sp³-hybridized carbons (Fsp3) is 0.294. The minimum Gasteiger partial charge on any atom is -0.480 e. The number of carbonyl (C=O) groups excluding carboxylic acids is 1. The van der Waals surface area contributed by atoms with Gasteiger partial charge in [-0.05, 0) is 36.8 Å². The molecule has 0 aliphatic carbocycles. The molecule has 1 amide bonds. The molecule has 0 fully saturated rings. The maximum absolute atomic E-state index is 11.4. The standard InChI is InChI=1S/C17H17N3O2S/c1-10-2-5-15-13(6-10)18-12(9-23-15)7-11-3-4-14-17(19-11)20-16(21)8-22-14/h2-6,12,18H,7-9H2,1H3,(H,19,20,21). The Balaban J connectivity index is 1.51. The first-order chi connectivity index (χ1) is 11.2. The molecule has 6 heteroatoms. The van der Waals surface area contributed by atoms with Crippen LogP contribution in [0.2, 0.25) is 0 Å². The molecule has 0 spiro atoms. The van der Waals surface area contributed by atoms with Crippen molar-refractivity contribution < 1.29 is 9.53 Å². The Morgan fingerprint density at radius 2 is 2.26 bits per heavy atom. The van der Waals surface area contributed by atoms with E-state index in [0.29, 0.717) is 17.6 Å². The van der Waals surface area contributed by atoms with E-state index in [0.717, 1.165) is 17.9 Å². The topological polar surface area (TPSA) is 63.2 Å². The average molecular weight is 327 g/mol. The van der Waals surface area contributed by atoms with Crippen LogP contribution in [0.4, 0.5) is 11.5 Å². The highest BCUT2D eigenvalue weighted by molar-refractivity contribution is 7.99. The highest BCUT2D eigenvalue weighted by atomic mass is 32.2. The van der Waals surface area contributed by atoms with Gasteiger partial charge in [0, 0.05) is 34.5 Å². The van der Waals surface area contributed by atoms with Crippen LogP contribution in [0.15, 0.2) is 35.2 Å². The van der Waals surface area contributed by atoms with Crippen LogP contribution in [0.25, 0.3) is 0 Å². The van der Waals surface area contributed by atoms with Crippen LogP contribution in [0, 0.1) is 6.92 Å². The predicted octanol–water partition coefficient (Wildman–Crippen LogP) is 2.85. The molecular formula is C17H17N3O2S. The van der Waals surface area contributed by atoms with E-state index in [2.05, 4.69) is 40.7 Å². The molecule has 2 aliphatic rings. The fourth-order valence-corrected chi connectivity index (χ4v) is 3.83. The lowest BCUT2D eigenvalue weighted by Crippen LogP contribution is -2.29. The van der Waals surface area contributed by atoms with E-state index < -0.39 is 0 Å². The first-order valence-corrected chi connectivity index (χ1v) is 8.58. The second kappa shape index (κ2) is 5.77. The lowest BCUT2D eigenvalue weighted by molar-refractivity contribution is -0.118. The number of benzene rings is 1. The normalized spacial score (nSPS) is 19.0. The highest BCUT2D eigenvalue weighted by Gasteiger charge is 2.21. The van der Waals surface area contributed by atoms with Gasteiger partial charge >= 0.3 is 0 Å². The highest BCUT2D eigenvalue weighted by Crippen LogP contribution is 2.34. The van der Waals surface area contributed by atoms with Gasteiger partial charge in [0.05, 0.1) is 0 Å². The molecule has 0 saturated carbocycles. The van der Waals surface area contributed by atoms with Crippen molar-refractivity contribution in [1.29, 1.82) is 0 Å². The number of aromatic nitrogens is 1. The van der Waals surface area contributed by atoms with Crippen LogP contribution in [-0.4, -0.2) is 29.3 Å². The molecule has 2 aromatic rings. The summed E-state index contributed by atoms with van der Waals surface area (Å²) in [4.78, 5) is 17.2. The van der Waals surface area contributed by atoms with Gasteiger partial charge < -0.3 is 15.4 Å². The third kappa shape index (κ3) is 2.99. The number of nitrogens with one attached hydrogen (secondary N) is 2. The van der Waals surface area contributed by atoms with Crippen molar-refractivity contribution in [1.82, 2.24) is 4.98 Å². The Labute approximate surface area is 138 Å². The summed E-state index contributed by atoms with van der Waals surface area (Å²) in [6.07, 6.45) is 0.809. The third-order valence-corrected chi connectivity index (χ3v) is 5.16. The lowest BCUT2D eigenvalue weighted by Gasteiger charge is -2.27. The number of aryl methyl sites for hydroxylation is 1. The van der Waals surface area contributed by atoms with E-state index in [-0.39, 0.29) is 12.5 Å². The summed E-state index contributed by atoms with van der Waals surface area (Å²) in [6, 6.07) is 10.7. The van der Waals surface area contributed by atoms with Crippen LogP contribution in [-0.2, 0) is 11.2 Å². The maximum atomic E-state index is 11.4. The van der Waals surface area contributed by atoms with Crippen molar-refractivity contribution in [3.63, 3.8) is 0 Å². The van der Waals surface area contributed by atoms with Crippen molar-refractivity contribution >= 4 is 29.2 Å². The van der Waals surface area contributed by atoms with Gasteiger partial charge in [0.1, 0.15) is 0 Å². The zero-order valence-electron chi connectivity index (χ0n) is 12.8. The molecule has 2 N–H and O–H groups in total.